The minimum Gasteiger partial charge on any atom is -0.368 e. The predicted molar refractivity (Wildman–Crippen MR) is 81.3 cm³/mol. The highest BCUT2D eigenvalue weighted by molar-refractivity contribution is 5.47. The highest BCUT2D eigenvalue weighted by Crippen LogP contribution is 2.18. The standard InChI is InChI=1S/C16H28N2/c1-6-14(13-17-16(3,4)5)18(7-2)15-11-9-8-10-12-15/h8-12,14,17H,6-7,13H2,1-5H3. The zero-order valence-corrected chi connectivity index (χ0v) is 12.5. The van der Waals surface area contributed by atoms with Gasteiger partial charge in [-0.05, 0) is 46.2 Å². The maximum absolute atomic E-state index is 3.62. The Kier molecular flexibility index (Phi) is 5.67. The molecule has 0 aliphatic carbocycles. The molecule has 1 rings (SSSR count). The molecule has 0 bridgehead atoms. The molecular weight excluding hydrogens is 220 g/mol. The lowest BCUT2D eigenvalue weighted by molar-refractivity contribution is 0.394. The van der Waals surface area contributed by atoms with Crippen molar-refractivity contribution >= 4 is 5.69 Å². The van der Waals surface area contributed by atoms with E-state index in [4.69, 9.17) is 0 Å². The van der Waals surface area contributed by atoms with Crippen LogP contribution < -0.4 is 10.2 Å². The number of benzene rings is 1. The van der Waals surface area contributed by atoms with Gasteiger partial charge in [0.25, 0.3) is 0 Å². The quantitative estimate of drug-likeness (QED) is 0.826. The number of anilines is 1. The van der Waals surface area contributed by atoms with E-state index in [0.717, 1.165) is 19.5 Å². The van der Waals surface area contributed by atoms with Gasteiger partial charge < -0.3 is 10.2 Å². The monoisotopic (exact) mass is 248 g/mol. The van der Waals surface area contributed by atoms with Crippen molar-refractivity contribution in [3.8, 4) is 0 Å². The van der Waals surface area contributed by atoms with Crippen LogP contribution in [0.4, 0.5) is 5.69 Å². The average Bonchev–Trinajstić information content (AvgIpc) is 2.34. The van der Waals surface area contributed by atoms with Crippen molar-refractivity contribution in [2.45, 2.75) is 52.6 Å². The van der Waals surface area contributed by atoms with Crippen molar-refractivity contribution in [1.82, 2.24) is 5.32 Å². The van der Waals surface area contributed by atoms with Gasteiger partial charge >= 0.3 is 0 Å². The highest BCUT2D eigenvalue weighted by atomic mass is 15.2. The second-order valence-electron chi connectivity index (χ2n) is 5.81. The summed E-state index contributed by atoms with van der Waals surface area (Å²) in [5.41, 5.74) is 1.51. The Morgan fingerprint density at radius 1 is 1.11 bits per heavy atom. The van der Waals surface area contributed by atoms with Gasteiger partial charge in [-0.15, -0.1) is 0 Å². The molecule has 1 aromatic carbocycles. The van der Waals surface area contributed by atoms with E-state index < -0.39 is 0 Å². The summed E-state index contributed by atoms with van der Waals surface area (Å²) in [5.74, 6) is 0. The van der Waals surface area contributed by atoms with Crippen LogP contribution in [0.3, 0.4) is 0 Å². The summed E-state index contributed by atoms with van der Waals surface area (Å²) < 4.78 is 0. The number of hydrogen-bond acceptors (Lipinski definition) is 2. The van der Waals surface area contributed by atoms with Gasteiger partial charge in [0, 0.05) is 30.4 Å². The normalized spacial score (nSPS) is 13.4. The number of likely N-dealkylation sites (N-methyl/N-ethyl adjacent to an activating group) is 1. The Labute approximate surface area is 112 Å². The molecule has 1 atom stereocenters. The van der Waals surface area contributed by atoms with E-state index in [2.05, 4.69) is 75.2 Å². The fourth-order valence-electron chi connectivity index (χ4n) is 2.17. The van der Waals surface area contributed by atoms with Gasteiger partial charge in [-0.25, -0.2) is 0 Å². The van der Waals surface area contributed by atoms with Crippen molar-refractivity contribution in [2.75, 3.05) is 18.0 Å². The second-order valence-corrected chi connectivity index (χ2v) is 5.81. The summed E-state index contributed by atoms with van der Waals surface area (Å²) in [6.45, 7) is 13.2. The smallest absolute Gasteiger partial charge is 0.0411 e. The molecule has 1 aromatic rings. The molecule has 0 aliphatic heterocycles. The minimum absolute atomic E-state index is 0.184. The first-order chi connectivity index (χ1) is 8.48. The first-order valence-electron chi connectivity index (χ1n) is 7.04. The SMILES string of the molecule is CCC(CNC(C)(C)C)N(CC)c1ccccc1. The molecular formula is C16H28N2. The van der Waals surface area contributed by atoms with Gasteiger partial charge in [-0.1, -0.05) is 25.1 Å². The Morgan fingerprint density at radius 3 is 2.17 bits per heavy atom. The molecule has 1 N–H and O–H groups in total. The number of nitrogens with zero attached hydrogens (tertiary/aromatic N) is 1. The van der Waals surface area contributed by atoms with E-state index in [0.29, 0.717) is 6.04 Å². The molecule has 0 saturated carbocycles. The molecule has 2 nitrogen and oxygen atoms in total. The van der Waals surface area contributed by atoms with Crippen molar-refractivity contribution in [3.63, 3.8) is 0 Å². The zero-order chi connectivity index (χ0) is 13.6. The molecule has 0 aromatic heterocycles. The molecule has 0 heterocycles. The molecule has 0 aliphatic rings. The third-order valence-electron chi connectivity index (χ3n) is 3.21. The fourth-order valence-corrected chi connectivity index (χ4v) is 2.17. The van der Waals surface area contributed by atoms with Crippen LogP contribution in [0.2, 0.25) is 0 Å². The van der Waals surface area contributed by atoms with Gasteiger partial charge in [0.2, 0.25) is 0 Å². The first kappa shape index (κ1) is 15.0. The number of para-hydroxylation sites is 1. The molecule has 0 amide bonds. The topological polar surface area (TPSA) is 15.3 Å². The lowest BCUT2D eigenvalue weighted by Crippen LogP contribution is -2.47. The fraction of sp³-hybridized carbons (Fsp3) is 0.625. The van der Waals surface area contributed by atoms with Gasteiger partial charge in [0.05, 0.1) is 0 Å². The van der Waals surface area contributed by atoms with E-state index in [-0.39, 0.29) is 5.54 Å². The molecule has 0 radical (unpaired) electrons. The maximum atomic E-state index is 3.62. The average molecular weight is 248 g/mol. The van der Waals surface area contributed by atoms with Crippen molar-refractivity contribution < 1.29 is 0 Å². The summed E-state index contributed by atoms with van der Waals surface area (Å²) in [5, 5.41) is 3.62. The third-order valence-corrected chi connectivity index (χ3v) is 3.21. The molecule has 0 fully saturated rings. The predicted octanol–water partition coefficient (Wildman–Crippen LogP) is 3.68. The Hall–Kier alpha value is -1.02. The third kappa shape index (κ3) is 4.69. The molecule has 102 valence electrons. The van der Waals surface area contributed by atoms with Crippen LogP contribution in [0.25, 0.3) is 0 Å². The van der Waals surface area contributed by atoms with E-state index in [1.165, 1.54) is 5.69 Å². The lowest BCUT2D eigenvalue weighted by atomic mass is 10.1. The first-order valence-corrected chi connectivity index (χ1v) is 7.04. The maximum Gasteiger partial charge on any atom is 0.0411 e. The minimum atomic E-state index is 0.184. The van der Waals surface area contributed by atoms with E-state index in [1.807, 2.05) is 0 Å². The van der Waals surface area contributed by atoms with Crippen LogP contribution in [-0.4, -0.2) is 24.7 Å². The van der Waals surface area contributed by atoms with Gasteiger partial charge in [0.15, 0.2) is 0 Å². The summed E-state index contributed by atoms with van der Waals surface area (Å²) in [4.78, 5) is 2.48. The van der Waals surface area contributed by atoms with E-state index >= 15 is 0 Å². The molecule has 2 heteroatoms. The Morgan fingerprint density at radius 2 is 1.72 bits per heavy atom. The molecule has 0 saturated heterocycles. The summed E-state index contributed by atoms with van der Waals surface area (Å²) >= 11 is 0. The molecule has 18 heavy (non-hydrogen) atoms. The zero-order valence-electron chi connectivity index (χ0n) is 12.5. The summed E-state index contributed by atoms with van der Waals surface area (Å²) in [6, 6.07) is 11.2. The van der Waals surface area contributed by atoms with Crippen LogP contribution in [0, 0.1) is 0 Å². The van der Waals surface area contributed by atoms with E-state index in [9.17, 15) is 0 Å². The molecule has 0 spiro atoms. The summed E-state index contributed by atoms with van der Waals surface area (Å²) in [6.07, 6.45) is 1.16. The largest absolute Gasteiger partial charge is 0.368 e. The summed E-state index contributed by atoms with van der Waals surface area (Å²) in [7, 11) is 0. The van der Waals surface area contributed by atoms with Crippen molar-refractivity contribution in [2.24, 2.45) is 0 Å². The van der Waals surface area contributed by atoms with Gasteiger partial charge in [-0.2, -0.15) is 0 Å². The van der Waals surface area contributed by atoms with Crippen LogP contribution >= 0.6 is 0 Å². The second kappa shape index (κ2) is 6.79. The van der Waals surface area contributed by atoms with Crippen LogP contribution in [0.15, 0.2) is 30.3 Å². The lowest BCUT2D eigenvalue weighted by Gasteiger charge is -2.34. The van der Waals surface area contributed by atoms with Gasteiger partial charge in [-0.3, -0.25) is 0 Å². The van der Waals surface area contributed by atoms with E-state index in [1.54, 1.807) is 0 Å². The van der Waals surface area contributed by atoms with Crippen LogP contribution in [0.5, 0.6) is 0 Å². The van der Waals surface area contributed by atoms with Crippen LogP contribution in [0.1, 0.15) is 41.0 Å². The van der Waals surface area contributed by atoms with Crippen LogP contribution in [-0.2, 0) is 0 Å². The number of hydrogen-bond donors (Lipinski definition) is 1. The van der Waals surface area contributed by atoms with Crippen molar-refractivity contribution in [3.05, 3.63) is 30.3 Å². The Balaban J connectivity index is 2.72. The van der Waals surface area contributed by atoms with Crippen molar-refractivity contribution in [1.29, 1.82) is 0 Å². The molecule has 1 unspecified atom stereocenters. The van der Waals surface area contributed by atoms with Gasteiger partial charge in [0.1, 0.15) is 0 Å². The number of rotatable bonds is 6. The Bertz CT molecular complexity index is 327. The number of nitrogens with one attached hydrogen (secondary N) is 1. The highest BCUT2D eigenvalue weighted by Gasteiger charge is 2.18.